The first-order valence-electron chi connectivity index (χ1n) is 11.5. The fraction of sp³-hybridized carbons (Fsp3) is 0.522. The lowest BCUT2D eigenvalue weighted by Gasteiger charge is -2.37. The van der Waals surface area contributed by atoms with E-state index in [0.717, 1.165) is 30.3 Å². The monoisotopic (exact) mass is 452 g/mol. The van der Waals surface area contributed by atoms with Crippen LogP contribution < -0.4 is 15.0 Å². The number of methoxy groups -OCH3 is 1. The lowest BCUT2D eigenvalue weighted by molar-refractivity contribution is 0.227. The molecule has 2 fully saturated rings. The summed E-state index contributed by atoms with van der Waals surface area (Å²) < 4.78 is 21.3. The van der Waals surface area contributed by atoms with Gasteiger partial charge in [-0.15, -0.1) is 10.2 Å². The van der Waals surface area contributed by atoms with Crippen LogP contribution in [0.4, 0.5) is 10.2 Å². The Kier molecular flexibility index (Phi) is 6.43. The van der Waals surface area contributed by atoms with Gasteiger partial charge in [0.05, 0.1) is 38.3 Å². The molecule has 1 saturated heterocycles. The highest BCUT2D eigenvalue weighted by molar-refractivity contribution is 5.58. The Hall–Kier alpha value is -3.14. The number of ether oxygens (including phenoxy) is 1. The number of aromatic nitrogens is 6. The molecule has 0 radical (unpaired) electrons. The average Bonchev–Trinajstić information content (AvgIpc) is 3.27. The van der Waals surface area contributed by atoms with E-state index < -0.39 is 6.17 Å². The second-order valence-corrected chi connectivity index (χ2v) is 8.94. The molecule has 0 bridgehead atoms. The van der Waals surface area contributed by atoms with Crippen LogP contribution in [0.3, 0.4) is 0 Å². The summed E-state index contributed by atoms with van der Waals surface area (Å²) in [4.78, 5) is 6.15. The van der Waals surface area contributed by atoms with Gasteiger partial charge in [0, 0.05) is 24.3 Å². The Morgan fingerprint density at radius 3 is 2.82 bits per heavy atom. The topological polar surface area (TPSA) is 93.9 Å². The third-order valence-electron chi connectivity index (χ3n) is 6.46. The summed E-state index contributed by atoms with van der Waals surface area (Å²) in [6.45, 7) is 2.54. The van der Waals surface area contributed by atoms with Crippen molar-refractivity contribution in [1.29, 1.82) is 0 Å². The smallest absolute Gasteiger partial charge is 0.151 e. The second kappa shape index (κ2) is 9.78. The molecule has 0 aromatic carbocycles. The zero-order valence-electron chi connectivity index (χ0n) is 18.8. The van der Waals surface area contributed by atoms with Crippen molar-refractivity contribution in [3.05, 3.63) is 42.5 Å². The molecule has 1 aliphatic heterocycles. The van der Waals surface area contributed by atoms with Gasteiger partial charge in [0.2, 0.25) is 0 Å². The maximum Gasteiger partial charge on any atom is 0.151 e. The summed E-state index contributed by atoms with van der Waals surface area (Å²) in [6, 6.07) is 5.83. The number of anilines is 1. The van der Waals surface area contributed by atoms with Gasteiger partial charge >= 0.3 is 0 Å². The number of alkyl halides is 1. The molecule has 1 N–H and O–H groups in total. The predicted molar refractivity (Wildman–Crippen MR) is 122 cm³/mol. The third kappa shape index (κ3) is 5.27. The molecule has 2 atom stereocenters. The Morgan fingerprint density at radius 1 is 1.15 bits per heavy atom. The Labute approximate surface area is 192 Å². The standard InChI is InChI=1S/C23H29FN8O/c1-33-21-7-17(10-25-11-21)22-15-32(30-28-22)14-19-5-6-23(29-27-19)31-12-18(24)8-20(13-31)26-9-16-3-2-4-16/h5-7,10-11,15-16,18,20,26H,2-4,8-9,12-14H2,1H3/t18-,20+/m0/s1. The van der Waals surface area contributed by atoms with Gasteiger partial charge in [-0.1, -0.05) is 11.6 Å². The van der Waals surface area contributed by atoms with E-state index in [0.29, 0.717) is 36.8 Å². The first kappa shape index (κ1) is 21.7. The van der Waals surface area contributed by atoms with E-state index in [4.69, 9.17) is 4.74 Å². The molecule has 2 aliphatic rings. The van der Waals surface area contributed by atoms with E-state index in [1.165, 1.54) is 19.3 Å². The highest BCUT2D eigenvalue weighted by Gasteiger charge is 2.29. The Morgan fingerprint density at radius 2 is 2.06 bits per heavy atom. The summed E-state index contributed by atoms with van der Waals surface area (Å²) >= 11 is 0. The second-order valence-electron chi connectivity index (χ2n) is 8.94. The van der Waals surface area contributed by atoms with Crippen molar-refractivity contribution in [3.8, 4) is 17.0 Å². The van der Waals surface area contributed by atoms with Crippen LogP contribution in [0.1, 0.15) is 31.4 Å². The van der Waals surface area contributed by atoms with E-state index in [1.807, 2.05) is 29.3 Å². The number of hydrogen-bond acceptors (Lipinski definition) is 8. The van der Waals surface area contributed by atoms with Crippen LogP contribution in [-0.4, -0.2) is 69.1 Å². The van der Waals surface area contributed by atoms with Gasteiger partial charge in [0.25, 0.3) is 0 Å². The minimum atomic E-state index is -0.862. The lowest BCUT2D eigenvalue weighted by atomic mass is 9.85. The van der Waals surface area contributed by atoms with Crippen LogP contribution in [0, 0.1) is 5.92 Å². The number of rotatable bonds is 8. The van der Waals surface area contributed by atoms with E-state index in [2.05, 4.69) is 30.8 Å². The van der Waals surface area contributed by atoms with Crippen molar-refractivity contribution in [3.63, 3.8) is 0 Å². The van der Waals surface area contributed by atoms with Crippen LogP contribution in [-0.2, 0) is 6.54 Å². The van der Waals surface area contributed by atoms with Crippen molar-refractivity contribution in [2.45, 2.75) is 44.4 Å². The van der Waals surface area contributed by atoms with Gasteiger partial charge < -0.3 is 15.0 Å². The maximum atomic E-state index is 14.4. The first-order chi connectivity index (χ1) is 16.2. The predicted octanol–water partition coefficient (Wildman–Crippen LogP) is 2.49. The number of halogens is 1. The van der Waals surface area contributed by atoms with Crippen LogP contribution >= 0.6 is 0 Å². The molecule has 0 spiro atoms. The number of pyridine rings is 1. The third-order valence-corrected chi connectivity index (χ3v) is 6.46. The molecule has 9 nitrogen and oxygen atoms in total. The molecule has 0 amide bonds. The number of piperidine rings is 1. The Bertz CT molecular complexity index is 1050. The van der Waals surface area contributed by atoms with Gasteiger partial charge in [-0.3, -0.25) is 4.98 Å². The van der Waals surface area contributed by atoms with Gasteiger partial charge in [-0.25, -0.2) is 9.07 Å². The van der Waals surface area contributed by atoms with Gasteiger partial charge in [0.15, 0.2) is 5.82 Å². The van der Waals surface area contributed by atoms with E-state index >= 15 is 0 Å². The summed E-state index contributed by atoms with van der Waals surface area (Å²) in [7, 11) is 1.60. The quantitative estimate of drug-likeness (QED) is 0.557. The first-order valence-corrected chi connectivity index (χ1v) is 11.5. The van der Waals surface area contributed by atoms with Crippen molar-refractivity contribution in [2.75, 3.05) is 31.6 Å². The van der Waals surface area contributed by atoms with E-state index in [1.54, 1.807) is 24.2 Å². The molecule has 5 rings (SSSR count). The van der Waals surface area contributed by atoms with Crippen molar-refractivity contribution in [2.24, 2.45) is 5.92 Å². The molecule has 3 aromatic heterocycles. The Balaban J connectivity index is 1.20. The van der Waals surface area contributed by atoms with Gasteiger partial charge in [-0.2, -0.15) is 5.10 Å². The van der Waals surface area contributed by atoms with Crippen LogP contribution in [0.2, 0.25) is 0 Å². The van der Waals surface area contributed by atoms with E-state index in [-0.39, 0.29) is 6.04 Å². The summed E-state index contributed by atoms with van der Waals surface area (Å²) in [5.41, 5.74) is 2.29. The molecule has 10 heteroatoms. The minimum Gasteiger partial charge on any atom is -0.495 e. The fourth-order valence-corrected chi connectivity index (χ4v) is 4.35. The van der Waals surface area contributed by atoms with Gasteiger partial charge in [0.1, 0.15) is 17.6 Å². The molecular formula is C23H29FN8O. The molecule has 1 saturated carbocycles. The van der Waals surface area contributed by atoms with Crippen LogP contribution in [0.25, 0.3) is 11.3 Å². The molecule has 4 heterocycles. The van der Waals surface area contributed by atoms with Gasteiger partial charge in [-0.05, 0) is 49.9 Å². The van der Waals surface area contributed by atoms with Crippen molar-refractivity contribution < 1.29 is 9.13 Å². The fourth-order valence-electron chi connectivity index (χ4n) is 4.35. The van der Waals surface area contributed by atoms with Crippen LogP contribution in [0.15, 0.2) is 36.8 Å². The average molecular weight is 453 g/mol. The molecular weight excluding hydrogens is 423 g/mol. The van der Waals surface area contributed by atoms with Crippen molar-refractivity contribution >= 4 is 5.82 Å². The summed E-state index contributed by atoms with van der Waals surface area (Å²) in [5.74, 6) is 2.13. The lowest BCUT2D eigenvalue weighted by Crippen LogP contribution is -2.51. The maximum absolute atomic E-state index is 14.4. The SMILES string of the molecule is COc1cncc(-c2cn(Cc3ccc(N4C[C@@H](F)C[C@@H](NCC5CCC5)C4)nn3)nn2)c1. The van der Waals surface area contributed by atoms with E-state index in [9.17, 15) is 4.39 Å². The normalized spacial score (nSPS) is 21.1. The number of nitrogens with one attached hydrogen (secondary N) is 1. The number of nitrogens with zero attached hydrogens (tertiary/aromatic N) is 7. The van der Waals surface area contributed by atoms with Crippen molar-refractivity contribution in [1.82, 2.24) is 35.5 Å². The molecule has 1 aliphatic carbocycles. The highest BCUT2D eigenvalue weighted by Crippen LogP contribution is 2.26. The molecule has 0 unspecified atom stereocenters. The van der Waals surface area contributed by atoms with Crippen LogP contribution in [0.5, 0.6) is 5.75 Å². The minimum absolute atomic E-state index is 0.149. The summed E-state index contributed by atoms with van der Waals surface area (Å²) in [5, 5.41) is 20.7. The zero-order chi connectivity index (χ0) is 22.6. The zero-order valence-corrected chi connectivity index (χ0v) is 18.8. The number of hydrogen-bond donors (Lipinski definition) is 1. The molecule has 3 aromatic rings. The summed E-state index contributed by atoms with van der Waals surface area (Å²) in [6.07, 6.45) is 8.80. The molecule has 174 valence electrons. The largest absolute Gasteiger partial charge is 0.495 e. The molecule has 33 heavy (non-hydrogen) atoms. The highest BCUT2D eigenvalue weighted by atomic mass is 19.1.